The van der Waals surface area contributed by atoms with E-state index in [0.717, 1.165) is 19.5 Å². The minimum atomic E-state index is -0.357. The van der Waals surface area contributed by atoms with E-state index in [4.69, 9.17) is 14.0 Å². The van der Waals surface area contributed by atoms with E-state index >= 15 is 0 Å². The third-order valence-corrected chi connectivity index (χ3v) is 2.86. The Balaban J connectivity index is 1.61. The molecule has 2 aliphatic rings. The van der Waals surface area contributed by atoms with E-state index in [-0.39, 0.29) is 5.79 Å². The molecule has 2 saturated heterocycles. The van der Waals surface area contributed by atoms with Crippen molar-refractivity contribution in [2.24, 2.45) is 0 Å². The molecular weight excluding hydrogens is 198 g/mol. The normalized spacial score (nSPS) is 25.3. The zero-order chi connectivity index (χ0) is 10.1. The van der Waals surface area contributed by atoms with Crippen LogP contribution in [0.25, 0.3) is 0 Å². The summed E-state index contributed by atoms with van der Waals surface area (Å²) in [4.78, 5) is 6.21. The molecule has 0 radical (unpaired) electrons. The van der Waals surface area contributed by atoms with Gasteiger partial charge < -0.3 is 14.0 Å². The molecular formula is C9H13N3O3. The van der Waals surface area contributed by atoms with E-state index in [0.29, 0.717) is 25.6 Å². The van der Waals surface area contributed by atoms with Crippen molar-refractivity contribution in [3.8, 4) is 0 Å². The second-order valence-corrected chi connectivity index (χ2v) is 3.92. The first-order valence-corrected chi connectivity index (χ1v) is 5.12. The van der Waals surface area contributed by atoms with Crippen LogP contribution in [0.1, 0.15) is 12.2 Å². The predicted octanol–water partition coefficient (Wildman–Crippen LogP) is 0.0184. The van der Waals surface area contributed by atoms with Crippen LogP contribution in [0.4, 0.5) is 0 Å². The Hall–Kier alpha value is -0.980. The van der Waals surface area contributed by atoms with Crippen molar-refractivity contribution in [3.63, 3.8) is 0 Å². The van der Waals surface area contributed by atoms with Gasteiger partial charge in [0.1, 0.15) is 0 Å². The number of hydrogen-bond donors (Lipinski definition) is 0. The van der Waals surface area contributed by atoms with E-state index in [1.54, 1.807) is 0 Å². The van der Waals surface area contributed by atoms with E-state index in [1.807, 2.05) is 0 Å². The Kier molecular flexibility index (Phi) is 2.19. The highest BCUT2D eigenvalue weighted by molar-refractivity contribution is 4.89. The highest BCUT2D eigenvalue weighted by Gasteiger charge is 2.43. The largest absolute Gasteiger partial charge is 0.346 e. The molecule has 0 aromatic carbocycles. The molecule has 2 fully saturated rings. The number of aromatic nitrogens is 2. The SMILES string of the molecule is c1nc(CN2CCC3(C2)OCCO3)no1. The monoisotopic (exact) mass is 211 g/mol. The third kappa shape index (κ3) is 1.75. The zero-order valence-corrected chi connectivity index (χ0v) is 8.39. The average Bonchev–Trinajstić information content (AvgIpc) is 2.92. The summed E-state index contributed by atoms with van der Waals surface area (Å²) in [6, 6.07) is 0. The molecule has 6 heteroatoms. The number of ether oxygens (including phenoxy) is 2. The fraction of sp³-hybridized carbons (Fsp3) is 0.778. The Morgan fingerprint density at radius 2 is 2.27 bits per heavy atom. The van der Waals surface area contributed by atoms with Gasteiger partial charge in [-0.2, -0.15) is 4.98 Å². The van der Waals surface area contributed by atoms with Gasteiger partial charge in [-0.05, 0) is 0 Å². The molecule has 82 valence electrons. The van der Waals surface area contributed by atoms with Crippen LogP contribution in [-0.4, -0.2) is 47.1 Å². The summed E-state index contributed by atoms with van der Waals surface area (Å²) >= 11 is 0. The molecule has 3 rings (SSSR count). The molecule has 1 spiro atoms. The molecule has 0 saturated carbocycles. The second-order valence-electron chi connectivity index (χ2n) is 3.92. The van der Waals surface area contributed by atoms with Crippen molar-refractivity contribution in [1.82, 2.24) is 15.0 Å². The van der Waals surface area contributed by atoms with Crippen LogP contribution in [0.3, 0.4) is 0 Å². The fourth-order valence-electron chi connectivity index (χ4n) is 2.16. The molecule has 0 atom stereocenters. The molecule has 0 bridgehead atoms. The molecule has 6 nitrogen and oxygen atoms in total. The number of hydrogen-bond acceptors (Lipinski definition) is 6. The maximum absolute atomic E-state index is 5.62. The van der Waals surface area contributed by atoms with E-state index in [2.05, 4.69) is 15.0 Å². The average molecular weight is 211 g/mol. The summed E-state index contributed by atoms with van der Waals surface area (Å²) in [5.74, 6) is 0.356. The Morgan fingerprint density at radius 3 is 3.00 bits per heavy atom. The van der Waals surface area contributed by atoms with Gasteiger partial charge in [0.2, 0.25) is 6.39 Å². The molecule has 1 aromatic rings. The second kappa shape index (κ2) is 3.55. The van der Waals surface area contributed by atoms with Crippen molar-refractivity contribution in [2.45, 2.75) is 18.8 Å². The third-order valence-electron chi connectivity index (χ3n) is 2.86. The van der Waals surface area contributed by atoms with Gasteiger partial charge in [-0.3, -0.25) is 4.90 Å². The Bertz CT molecular complexity index is 321. The topological polar surface area (TPSA) is 60.6 Å². The number of rotatable bonds is 2. The molecule has 0 aliphatic carbocycles. The van der Waals surface area contributed by atoms with E-state index in [9.17, 15) is 0 Å². The van der Waals surface area contributed by atoms with Gasteiger partial charge in [0.05, 0.1) is 26.3 Å². The molecule has 0 N–H and O–H groups in total. The lowest BCUT2D eigenvalue weighted by atomic mass is 10.2. The summed E-state index contributed by atoms with van der Waals surface area (Å²) in [6.45, 7) is 3.85. The van der Waals surface area contributed by atoms with Gasteiger partial charge >= 0.3 is 0 Å². The first-order chi connectivity index (χ1) is 7.36. The summed E-state index contributed by atoms with van der Waals surface area (Å²) in [5, 5.41) is 3.79. The summed E-state index contributed by atoms with van der Waals surface area (Å²) < 4.78 is 15.9. The summed E-state index contributed by atoms with van der Waals surface area (Å²) in [7, 11) is 0. The number of nitrogens with zero attached hydrogens (tertiary/aromatic N) is 3. The quantitative estimate of drug-likeness (QED) is 0.687. The van der Waals surface area contributed by atoms with Crippen molar-refractivity contribution in [3.05, 3.63) is 12.2 Å². The Labute approximate surface area is 87.1 Å². The molecule has 3 heterocycles. The molecule has 15 heavy (non-hydrogen) atoms. The Morgan fingerprint density at radius 1 is 1.40 bits per heavy atom. The molecule has 1 aromatic heterocycles. The fourth-order valence-corrected chi connectivity index (χ4v) is 2.16. The molecule has 2 aliphatic heterocycles. The smallest absolute Gasteiger partial charge is 0.213 e. The van der Waals surface area contributed by atoms with Gasteiger partial charge in [-0.25, -0.2) is 0 Å². The van der Waals surface area contributed by atoms with E-state index < -0.39 is 0 Å². The lowest BCUT2D eigenvalue weighted by Crippen LogP contribution is -2.34. The lowest BCUT2D eigenvalue weighted by Gasteiger charge is -2.21. The first kappa shape index (κ1) is 9.26. The lowest BCUT2D eigenvalue weighted by molar-refractivity contribution is -0.145. The van der Waals surface area contributed by atoms with Crippen LogP contribution in [0.15, 0.2) is 10.9 Å². The minimum absolute atomic E-state index is 0.357. The van der Waals surface area contributed by atoms with Crippen LogP contribution in [0, 0.1) is 0 Å². The van der Waals surface area contributed by atoms with Crippen molar-refractivity contribution < 1.29 is 14.0 Å². The zero-order valence-electron chi connectivity index (χ0n) is 8.39. The summed E-state index contributed by atoms with van der Waals surface area (Å²) in [6.07, 6.45) is 2.27. The maximum atomic E-state index is 5.62. The van der Waals surface area contributed by atoms with Crippen LogP contribution >= 0.6 is 0 Å². The van der Waals surface area contributed by atoms with Gasteiger partial charge in [0.25, 0.3) is 0 Å². The van der Waals surface area contributed by atoms with Crippen LogP contribution in [0.2, 0.25) is 0 Å². The summed E-state index contributed by atoms with van der Waals surface area (Å²) in [5.41, 5.74) is 0. The molecule has 0 unspecified atom stereocenters. The van der Waals surface area contributed by atoms with Gasteiger partial charge in [-0.15, -0.1) is 0 Å². The predicted molar refractivity (Wildman–Crippen MR) is 48.8 cm³/mol. The number of likely N-dealkylation sites (tertiary alicyclic amines) is 1. The van der Waals surface area contributed by atoms with Crippen molar-refractivity contribution in [1.29, 1.82) is 0 Å². The van der Waals surface area contributed by atoms with E-state index in [1.165, 1.54) is 6.39 Å². The highest BCUT2D eigenvalue weighted by atomic mass is 16.7. The molecule has 0 amide bonds. The van der Waals surface area contributed by atoms with Crippen LogP contribution in [-0.2, 0) is 16.0 Å². The standard InChI is InChI=1S/C9H13N3O3/c1-2-12(5-8-10-7-15-11-8)6-9(1)13-3-4-14-9/h7H,1-6H2. The van der Waals surface area contributed by atoms with Crippen molar-refractivity contribution >= 4 is 0 Å². The van der Waals surface area contributed by atoms with Gasteiger partial charge in [0.15, 0.2) is 11.6 Å². The van der Waals surface area contributed by atoms with Gasteiger partial charge in [0, 0.05) is 13.0 Å². The van der Waals surface area contributed by atoms with Crippen LogP contribution < -0.4 is 0 Å². The highest BCUT2D eigenvalue weighted by Crippen LogP contribution is 2.30. The van der Waals surface area contributed by atoms with Gasteiger partial charge in [-0.1, -0.05) is 5.16 Å². The van der Waals surface area contributed by atoms with Crippen LogP contribution in [0.5, 0.6) is 0 Å². The maximum Gasteiger partial charge on any atom is 0.213 e. The minimum Gasteiger partial charge on any atom is -0.346 e. The first-order valence-electron chi connectivity index (χ1n) is 5.12. The van der Waals surface area contributed by atoms with Crippen molar-refractivity contribution in [2.75, 3.05) is 26.3 Å².